The molecule has 2 aliphatic rings. The molecule has 2 atom stereocenters. The molecule has 3 N–H and O–H groups in total. The molecule has 0 spiro atoms. The number of carbonyl (C=O) groups excluding carboxylic acids is 2. The van der Waals surface area contributed by atoms with Gasteiger partial charge in [-0.25, -0.2) is 19.8 Å². The van der Waals surface area contributed by atoms with Crippen molar-refractivity contribution in [2.75, 3.05) is 23.7 Å². The number of hydrogen-bond acceptors (Lipinski definition) is 9. The zero-order chi connectivity index (χ0) is 26.6. The number of aliphatic hydroxyl groups excluding tert-OH is 1. The van der Waals surface area contributed by atoms with Gasteiger partial charge in [-0.1, -0.05) is 19.4 Å². The van der Waals surface area contributed by atoms with Crippen molar-refractivity contribution in [1.82, 2.24) is 9.80 Å². The molecule has 0 aromatic heterocycles. The van der Waals surface area contributed by atoms with Crippen molar-refractivity contribution in [2.24, 2.45) is 0 Å². The first-order valence-corrected chi connectivity index (χ1v) is 13.1. The van der Waals surface area contributed by atoms with Crippen LogP contribution in [0.1, 0.15) is 38.7 Å². The van der Waals surface area contributed by atoms with Gasteiger partial charge in [0.2, 0.25) is 5.88 Å². The Morgan fingerprint density at radius 2 is 1.92 bits per heavy atom. The lowest BCUT2D eigenvalue weighted by Crippen LogP contribution is -2.61. The highest BCUT2D eigenvalue weighted by atomic mass is 32.2. The van der Waals surface area contributed by atoms with Crippen LogP contribution < -0.4 is 9.64 Å². The molecule has 2 unspecified atom stereocenters. The van der Waals surface area contributed by atoms with Gasteiger partial charge < -0.3 is 14.7 Å². The third-order valence-electron chi connectivity index (χ3n) is 5.83. The highest BCUT2D eigenvalue weighted by Crippen LogP contribution is 2.40. The van der Waals surface area contributed by atoms with E-state index in [-0.39, 0.29) is 31.0 Å². The van der Waals surface area contributed by atoms with Crippen LogP contribution in [0.4, 0.5) is 10.5 Å². The first kappa shape index (κ1) is 27.6. The number of aliphatic hydroxyl groups is 1. The molecule has 36 heavy (non-hydrogen) atoms. The fourth-order valence-electron chi connectivity index (χ4n) is 3.95. The number of benzene rings is 1. The van der Waals surface area contributed by atoms with Gasteiger partial charge in [0.15, 0.2) is 18.2 Å². The number of nitrogens with zero attached hydrogens (tertiary/aromatic N) is 3. The number of rotatable bonds is 10. The number of anilines is 1. The molecule has 1 fully saturated rings. The molecule has 1 saturated heterocycles. The maximum absolute atomic E-state index is 13.1. The highest BCUT2D eigenvalue weighted by molar-refractivity contribution is 7.85. The van der Waals surface area contributed by atoms with Gasteiger partial charge in [-0.2, -0.15) is 8.42 Å². The predicted molar refractivity (Wildman–Crippen MR) is 129 cm³/mol. The summed E-state index contributed by atoms with van der Waals surface area (Å²) in [6.07, 6.45) is 1.36. The quantitative estimate of drug-likeness (QED) is 0.179. The van der Waals surface area contributed by atoms with Gasteiger partial charge in [0, 0.05) is 13.1 Å². The lowest BCUT2D eigenvalue weighted by molar-refractivity contribution is -0.298. The van der Waals surface area contributed by atoms with Gasteiger partial charge in [0.05, 0.1) is 17.0 Å². The average Bonchev–Trinajstić information content (AvgIpc) is 3.14. The van der Waals surface area contributed by atoms with Crippen LogP contribution in [0.25, 0.3) is 0 Å². The van der Waals surface area contributed by atoms with Gasteiger partial charge in [0.25, 0.3) is 16.0 Å². The van der Waals surface area contributed by atoms with E-state index in [9.17, 15) is 23.1 Å². The Morgan fingerprint density at radius 1 is 1.19 bits per heavy atom. The van der Waals surface area contributed by atoms with Crippen LogP contribution >= 0.6 is 0 Å². The van der Waals surface area contributed by atoms with Crippen molar-refractivity contribution in [3.05, 3.63) is 47.4 Å². The lowest BCUT2D eigenvalue weighted by atomic mass is 10.1. The van der Waals surface area contributed by atoms with Crippen molar-refractivity contribution in [3.63, 3.8) is 0 Å². The minimum absolute atomic E-state index is 0.101. The van der Waals surface area contributed by atoms with Crippen LogP contribution in [0.2, 0.25) is 0 Å². The number of carbonyl (C=O) groups is 2. The summed E-state index contributed by atoms with van der Waals surface area (Å²) in [5.74, 6) is -0.522. The van der Waals surface area contributed by atoms with E-state index in [2.05, 4.69) is 4.89 Å². The van der Waals surface area contributed by atoms with Crippen LogP contribution in [0.5, 0.6) is 5.75 Å². The number of aryl methyl sites for hydroxylation is 1. The van der Waals surface area contributed by atoms with Gasteiger partial charge in [0.1, 0.15) is 0 Å². The number of amides is 3. The van der Waals surface area contributed by atoms with Crippen molar-refractivity contribution < 1.29 is 42.5 Å². The summed E-state index contributed by atoms with van der Waals surface area (Å²) < 4.78 is 37.4. The Morgan fingerprint density at radius 3 is 2.56 bits per heavy atom. The van der Waals surface area contributed by atoms with Gasteiger partial charge in [-0.3, -0.25) is 14.2 Å². The predicted octanol–water partition coefficient (Wildman–Crippen LogP) is 2.46. The normalized spacial score (nSPS) is 21.4. The zero-order valence-corrected chi connectivity index (χ0v) is 21.1. The molecule has 0 saturated carbocycles. The number of fused-ring (bicyclic) bond motifs is 1. The molecule has 2 heterocycles. The fourth-order valence-corrected chi connectivity index (χ4v) is 4.44. The summed E-state index contributed by atoms with van der Waals surface area (Å²) in [5, 5.41) is 19.9. The molecule has 3 rings (SSSR count). The number of hydrogen-bond donors (Lipinski definition) is 3. The maximum Gasteiger partial charge on any atom is 0.331 e. The lowest BCUT2D eigenvalue weighted by Gasteiger charge is -2.40. The van der Waals surface area contributed by atoms with E-state index in [4.69, 9.17) is 14.5 Å². The van der Waals surface area contributed by atoms with Crippen LogP contribution in [0.3, 0.4) is 0 Å². The molecule has 1 aromatic rings. The smallest absolute Gasteiger partial charge is 0.331 e. The molecule has 1 aromatic carbocycles. The molecule has 0 aliphatic carbocycles. The zero-order valence-electron chi connectivity index (χ0n) is 20.3. The summed E-state index contributed by atoms with van der Waals surface area (Å²) in [7, 11) is -4.15. The second-order valence-corrected chi connectivity index (χ2v) is 10.1. The van der Waals surface area contributed by atoms with Crippen LogP contribution in [0, 0.1) is 6.92 Å². The van der Waals surface area contributed by atoms with E-state index in [1.165, 1.54) is 19.1 Å². The van der Waals surface area contributed by atoms with Crippen LogP contribution in [0.15, 0.2) is 41.8 Å². The van der Waals surface area contributed by atoms with Gasteiger partial charge in [-0.15, -0.1) is 0 Å². The van der Waals surface area contributed by atoms with Gasteiger partial charge in [-0.05, 0) is 56.5 Å². The minimum atomic E-state index is -4.15. The number of imide groups is 1. The molecule has 13 heteroatoms. The summed E-state index contributed by atoms with van der Waals surface area (Å²) in [4.78, 5) is 33.6. The molecule has 0 bridgehead atoms. The molecule has 198 valence electrons. The number of unbranched alkanes of at least 4 members (excludes halogenated alkanes) is 1. The SMILES string of the molecule is CCCCN1C(=O)N(C(C)OO)C(=O)C(=CC=C2Oc3ccc(C)cc3N2CCCS(=O)(=O)O)C1O. The molecular weight excluding hydrogens is 494 g/mol. The van der Waals surface area contributed by atoms with Crippen LogP contribution in [-0.2, 0) is 19.8 Å². The first-order chi connectivity index (χ1) is 17.0. The summed E-state index contributed by atoms with van der Waals surface area (Å²) in [5.41, 5.74) is 1.47. The molecule has 2 aliphatic heterocycles. The van der Waals surface area contributed by atoms with E-state index in [1.807, 2.05) is 26.0 Å². The fraction of sp³-hybridized carbons (Fsp3) is 0.478. The van der Waals surface area contributed by atoms with E-state index in [1.54, 1.807) is 11.0 Å². The number of allylic oxidation sites excluding steroid dienone is 2. The summed E-state index contributed by atoms with van der Waals surface area (Å²) in [6.45, 7) is 5.48. The first-order valence-electron chi connectivity index (χ1n) is 11.5. The third-order valence-corrected chi connectivity index (χ3v) is 6.64. The molecular formula is C23H31N3O9S. The Labute approximate surface area is 209 Å². The van der Waals surface area contributed by atoms with E-state index >= 15 is 0 Å². The highest BCUT2D eigenvalue weighted by Gasteiger charge is 2.44. The maximum atomic E-state index is 13.1. The van der Waals surface area contributed by atoms with E-state index < -0.39 is 40.3 Å². The topological polar surface area (TPSA) is 157 Å². The van der Waals surface area contributed by atoms with E-state index in [0.717, 1.165) is 16.9 Å². The number of urea groups is 1. The largest absolute Gasteiger partial charge is 0.439 e. The minimum Gasteiger partial charge on any atom is -0.439 e. The second-order valence-electron chi connectivity index (χ2n) is 8.57. The summed E-state index contributed by atoms with van der Waals surface area (Å²) >= 11 is 0. The summed E-state index contributed by atoms with van der Waals surface area (Å²) in [6, 6.07) is 4.66. The van der Waals surface area contributed by atoms with Crippen molar-refractivity contribution in [3.8, 4) is 5.75 Å². The Hall–Kier alpha value is -2.97. The monoisotopic (exact) mass is 525 g/mol. The standard InChI is InChI=1S/C23H31N3O9S/c1-4-5-11-25-21(27)17(22(28)26(23(25)29)16(3)35-30)8-10-20-24(12-6-13-36(31,32)33)18-14-15(2)7-9-19(18)34-20/h7-10,14,16,21,27,30H,4-6,11-13H2,1-3H3,(H,31,32,33). The van der Waals surface area contributed by atoms with Gasteiger partial charge >= 0.3 is 6.03 Å². The second kappa shape index (κ2) is 11.4. The molecule has 12 nitrogen and oxygen atoms in total. The number of ether oxygens (including phenoxy) is 1. The Kier molecular flexibility index (Phi) is 8.74. The molecule has 3 amide bonds. The Balaban J connectivity index is 1.97. The third kappa shape index (κ3) is 6.05. The Bertz CT molecular complexity index is 1170. The van der Waals surface area contributed by atoms with Crippen LogP contribution in [-0.4, -0.2) is 76.4 Å². The van der Waals surface area contributed by atoms with Crippen molar-refractivity contribution in [1.29, 1.82) is 0 Å². The molecule has 0 radical (unpaired) electrons. The van der Waals surface area contributed by atoms with Crippen molar-refractivity contribution >= 4 is 27.7 Å². The average molecular weight is 526 g/mol. The van der Waals surface area contributed by atoms with E-state index in [0.29, 0.717) is 22.8 Å². The van der Waals surface area contributed by atoms with Crippen molar-refractivity contribution in [2.45, 2.75) is 52.5 Å².